The molecule has 5 rings (SSSR count). The molecule has 0 bridgehead atoms. The van der Waals surface area contributed by atoms with E-state index in [1.54, 1.807) is 19.4 Å². The number of aryl methyl sites for hydroxylation is 1. The van der Waals surface area contributed by atoms with Gasteiger partial charge in [0.2, 0.25) is 4.77 Å². The van der Waals surface area contributed by atoms with E-state index in [4.69, 9.17) is 22.1 Å². The lowest BCUT2D eigenvalue weighted by Crippen LogP contribution is -2.47. The van der Waals surface area contributed by atoms with Crippen LogP contribution in [0.3, 0.4) is 0 Å². The molecule has 1 fully saturated rings. The molecule has 4 heterocycles. The van der Waals surface area contributed by atoms with Crippen LogP contribution in [0, 0.1) is 23.0 Å². The number of nitriles is 1. The maximum Gasteiger partial charge on any atom is 0.204 e. The molecule has 1 aliphatic heterocycles. The number of rotatable bonds is 4. The van der Waals surface area contributed by atoms with E-state index in [0.717, 1.165) is 59.9 Å². The average Bonchev–Trinajstić information content (AvgIpc) is 3.14. The van der Waals surface area contributed by atoms with Crippen LogP contribution in [0.25, 0.3) is 16.6 Å². The molecule has 0 amide bonds. The Labute approximate surface area is 190 Å². The highest BCUT2D eigenvalue weighted by Crippen LogP contribution is 2.26. The normalized spacial score (nSPS) is 14.7. The van der Waals surface area contributed by atoms with Gasteiger partial charge >= 0.3 is 0 Å². The number of aromatic nitrogens is 4. The minimum atomic E-state index is 0.612. The summed E-state index contributed by atoms with van der Waals surface area (Å²) in [4.78, 5) is 8.90. The van der Waals surface area contributed by atoms with Gasteiger partial charge in [0.25, 0.3) is 0 Å². The highest BCUT2D eigenvalue weighted by molar-refractivity contribution is 7.71. The van der Waals surface area contributed by atoms with Gasteiger partial charge in [-0.05, 0) is 55.0 Å². The van der Waals surface area contributed by atoms with Crippen molar-refractivity contribution in [3.8, 4) is 11.8 Å². The van der Waals surface area contributed by atoms with Gasteiger partial charge in [0.1, 0.15) is 17.6 Å². The van der Waals surface area contributed by atoms with E-state index in [9.17, 15) is 5.26 Å². The smallest absolute Gasteiger partial charge is 0.204 e. The predicted octanol–water partition coefficient (Wildman–Crippen LogP) is 3.38. The number of pyridine rings is 2. The molecular formula is C23H23N7OS. The summed E-state index contributed by atoms with van der Waals surface area (Å²) in [6.07, 6.45) is 1.74. The largest absolute Gasteiger partial charge is 0.497 e. The predicted molar refractivity (Wildman–Crippen MR) is 126 cm³/mol. The van der Waals surface area contributed by atoms with Gasteiger partial charge in [-0.1, -0.05) is 0 Å². The Balaban J connectivity index is 1.41. The Morgan fingerprint density at radius 3 is 2.72 bits per heavy atom. The molecule has 0 aliphatic carbocycles. The molecule has 0 radical (unpaired) electrons. The minimum absolute atomic E-state index is 0.612. The maximum atomic E-state index is 9.36. The summed E-state index contributed by atoms with van der Waals surface area (Å²) in [5.41, 5.74) is 3.60. The number of piperazine rings is 1. The van der Waals surface area contributed by atoms with Gasteiger partial charge in [0.15, 0.2) is 5.65 Å². The number of hydrogen-bond acceptors (Lipinski definition) is 7. The molecule has 9 heteroatoms. The third-order valence-electron chi connectivity index (χ3n) is 5.99. The summed E-state index contributed by atoms with van der Waals surface area (Å²) in [5.74, 6) is 1.55. The monoisotopic (exact) mass is 445 g/mol. The van der Waals surface area contributed by atoms with E-state index in [1.807, 2.05) is 27.3 Å². The van der Waals surface area contributed by atoms with Crippen LogP contribution in [0.5, 0.6) is 5.75 Å². The molecule has 32 heavy (non-hydrogen) atoms. The second-order valence-corrected chi connectivity index (χ2v) is 8.28. The second-order valence-electron chi connectivity index (χ2n) is 7.92. The fourth-order valence-electron chi connectivity index (χ4n) is 4.29. The SMILES string of the molecule is COc1ccc2c(C)cc3nn(CN4CCN(c5ncccc5C#N)CC4)c(=S)n3c2c1. The Kier molecular flexibility index (Phi) is 5.25. The Hall–Kier alpha value is -3.48. The number of ether oxygens (including phenoxy) is 1. The summed E-state index contributed by atoms with van der Waals surface area (Å²) in [7, 11) is 1.67. The highest BCUT2D eigenvalue weighted by atomic mass is 32.1. The zero-order valence-electron chi connectivity index (χ0n) is 18.0. The number of anilines is 1. The third kappa shape index (κ3) is 3.47. The molecule has 1 aliphatic rings. The fraction of sp³-hybridized carbons (Fsp3) is 0.304. The maximum absolute atomic E-state index is 9.36. The standard InChI is InChI=1S/C23H23N7OS/c1-16-12-21-26-29(23(32)30(21)20-13-18(31-2)5-6-19(16)20)15-27-8-10-28(11-9-27)22-17(14-24)4-3-7-25-22/h3-7,12-13H,8-11,15H2,1-2H3. The molecule has 1 saturated heterocycles. The van der Waals surface area contributed by atoms with E-state index < -0.39 is 0 Å². The third-order valence-corrected chi connectivity index (χ3v) is 6.39. The van der Waals surface area contributed by atoms with Crippen LogP contribution in [-0.2, 0) is 6.67 Å². The molecule has 1 aromatic carbocycles. The molecule has 162 valence electrons. The Bertz CT molecular complexity index is 1410. The van der Waals surface area contributed by atoms with Crippen molar-refractivity contribution in [2.45, 2.75) is 13.6 Å². The molecule has 0 spiro atoms. The van der Waals surface area contributed by atoms with E-state index in [2.05, 4.69) is 39.9 Å². The number of fused-ring (bicyclic) bond motifs is 3. The molecule has 0 N–H and O–H groups in total. The quantitative estimate of drug-likeness (QED) is 0.446. The first-order chi connectivity index (χ1) is 15.6. The van der Waals surface area contributed by atoms with E-state index in [0.29, 0.717) is 17.0 Å². The molecule has 0 atom stereocenters. The topological polar surface area (TPSA) is 74.6 Å². The molecule has 3 aromatic heterocycles. The van der Waals surface area contributed by atoms with Gasteiger partial charge in [0, 0.05) is 43.8 Å². The van der Waals surface area contributed by atoms with Crippen molar-refractivity contribution in [3.63, 3.8) is 0 Å². The van der Waals surface area contributed by atoms with Gasteiger partial charge in [0.05, 0.1) is 24.9 Å². The zero-order chi connectivity index (χ0) is 22.2. The first-order valence-electron chi connectivity index (χ1n) is 10.5. The van der Waals surface area contributed by atoms with E-state index >= 15 is 0 Å². The van der Waals surface area contributed by atoms with Crippen LogP contribution in [0.1, 0.15) is 11.1 Å². The van der Waals surface area contributed by atoms with Gasteiger partial charge in [-0.15, -0.1) is 0 Å². The number of hydrogen-bond donors (Lipinski definition) is 0. The Morgan fingerprint density at radius 1 is 1.16 bits per heavy atom. The van der Waals surface area contributed by atoms with Crippen LogP contribution < -0.4 is 9.64 Å². The number of nitrogens with zero attached hydrogens (tertiary/aromatic N) is 7. The lowest BCUT2D eigenvalue weighted by Gasteiger charge is -2.35. The van der Waals surface area contributed by atoms with Crippen molar-refractivity contribution < 1.29 is 4.74 Å². The van der Waals surface area contributed by atoms with Crippen molar-refractivity contribution in [2.75, 3.05) is 38.2 Å². The van der Waals surface area contributed by atoms with Crippen molar-refractivity contribution in [1.82, 2.24) is 24.1 Å². The van der Waals surface area contributed by atoms with E-state index in [1.165, 1.54) is 0 Å². The fourth-order valence-corrected chi connectivity index (χ4v) is 4.58. The highest BCUT2D eigenvalue weighted by Gasteiger charge is 2.21. The van der Waals surface area contributed by atoms with Crippen LogP contribution in [-0.4, -0.2) is 57.4 Å². The summed E-state index contributed by atoms with van der Waals surface area (Å²) < 4.78 is 10.0. The summed E-state index contributed by atoms with van der Waals surface area (Å²) in [6.45, 7) is 5.97. The van der Waals surface area contributed by atoms with Gasteiger partial charge in [-0.3, -0.25) is 9.30 Å². The molecule has 8 nitrogen and oxygen atoms in total. The van der Waals surface area contributed by atoms with Crippen molar-refractivity contribution in [3.05, 3.63) is 58.5 Å². The zero-order valence-corrected chi connectivity index (χ0v) is 18.8. The van der Waals surface area contributed by atoms with Crippen LogP contribution in [0.2, 0.25) is 0 Å². The molecular weight excluding hydrogens is 422 g/mol. The van der Waals surface area contributed by atoms with Gasteiger partial charge in [-0.25, -0.2) is 9.67 Å². The number of methoxy groups -OCH3 is 1. The van der Waals surface area contributed by atoms with Crippen molar-refractivity contribution in [1.29, 1.82) is 5.26 Å². The summed E-state index contributed by atoms with van der Waals surface area (Å²) in [6, 6.07) is 14.0. The van der Waals surface area contributed by atoms with Crippen LogP contribution >= 0.6 is 12.2 Å². The van der Waals surface area contributed by atoms with Crippen molar-refractivity contribution >= 4 is 34.6 Å². The van der Waals surface area contributed by atoms with Gasteiger partial charge < -0.3 is 9.64 Å². The van der Waals surface area contributed by atoms with Crippen molar-refractivity contribution in [2.24, 2.45) is 0 Å². The lowest BCUT2D eigenvalue weighted by atomic mass is 10.1. The van der Waals surface area contributed by atoms with Crippen LogP contribution in [0.4, 0.5) is 5.82 Å². The first-order valence-corrected chi connectivity index (χ1v) is 10.9. The molecule has 0 unspecified atom stereocenters. The summed E-state index contributed by atoms with van der Waals surface area (Å²) in [5, 5.41) is 15.3. The first kappa shape index (κ1) is 20.4. The lowest BCUT2D eigenvalue weighted by molar-refractivity contribution is 0.194. The Morgan fingerprint density at radius 2 is 1.97 bits per heavy atom. The molecule has 0 saturated carbocycles. The summed E-state index contributed by atoms with van der Waals surface area (Å²) >= 11 is 5.82. The average molecular weight is 446 g/mol. The minimum Gasteiger partial charge on any atom is -0.497 e. The second kappa shape index (κ2) is 8.22. The number of benzene rings is 1. The van der Waals surface area contributed by atoms with Gasteiger partial charge in [-0.2, -0.15) is 10.4 Å². The molecule has 4 aromatic rings. The van der Waals surface area contributed by atoms with E-state index in [-0.39, 0.29) is 0 Å². The van der Waals surface area contributed by atoms with Crippen LogP contribution in [0.15, 0.2) is 42.6 Å².